The number of carbonyl (C=O) groups is 3. The molecule has 3 fully saturated rings. The van der Waals surface area contributed by atoms with Gasteiger partial charge in [-0.1, -0.05) is 18.2 Å². The summed E-state index contributed by atoms with van der Waals surface area (Å²) in [5.74, 6) is -1.13. The van der Waals surface area contributed by atoms with Gasteiger partial charge in [0, 0.05) is 31.7 Å². The van der Waals surface area contributed by atoms with Crippen LogP contribution in [-0.2, 0) is 26.2 Å². The highest BCUT2D eigenvalue weighted by Gasteiger charge is 2.53. The van der Waals surface area contributed by atoms with Crippen LogP contribution in [0.4, 0.5) is 14.9 Å². The van der Waals surface area contributed by atoms with Crippen LogP contribution in [0.2, 0.25) is 0 Å². The minimum atomic E-state index is -0.720. The molecule has 9 heteroatoms. The average molecular weight is 615 g/mol. The topological polar surface area (TPSA) is 94.0 Å². The highest BCUT2D eigenvalue weighted by atomic mass is 19.1. The van der Waals surface area contributed by atoms with E-state index in [0.717, 1.165) is 55.5 Å². The molecular formula is C36H43FN4O4. The van der Waals surface area contributed by atoms with Gasteiger partial charge in [0.05, 0.1) is 23.4 Å². The van der Waals surface area contributed by atoms with Crippen molar-refractivity contribution in [1.82, 2.24) is 9.80 Å². The van der Waals surface area contributed by atoms with Crippen LogP contribution in [0.25, 0.3) is 11.1 Å². The Morgan fingerprint density at radius 3 is 2.56 bits per heavy atom. The van der Waals surface area contributed by atoms with E-state index >= 15 is 4.39 Å². The van der Waals surface area contributed by atoms with Gasteiger partial charge >= 0.3 is 6.09 Å². The Labute approximate surface area is 265 Å². The summed E-state index contributed by atoms with van der Waals surface area (Å²) in [6.07, 6.45) is 3.79. The van der Waals surface area contributed by atoms with Crippen molar-refractivity contribution >= 4 is 23.5 Å². The molecule has 2 bridgehead atoms. The number of halogens is 1. The number of rotatable bonds is 6. The zero-order valence-corrected chi connectivity index (χ0v) is 26.9. The average Bonchev–Trinajstić information content (AvgIpc) is 3.66. The molecule has 2 amide bonds. The van der Waals surface area contributed by atoms with Gasteiger partial charge in [0.1, 0.15) is 11.4 Å². The van der Waals surface area contributed by atoms with Crippen LogP contribution in [0, 0.1) is 29.0 Å². The first-order valence-corrected chi connectivity index (χ1v) is 16.1. The zero-order valence-electron chi connectivity index (χ0n) is 26.9. The van der Waals surface area contributed by atoms with Crippen molar-refractivity contribution in [2.24, 2.45) is 11.8 Å². The number of hydrogen-bond donors (Lipinski definition) is 0. The second kappa shape index (κ2) is 11.5. The number of Topliss-reactive ketones (excluding diaryl/α,β-unsaturated/α-hetero) is 1. The SMILES string of the molecule is CN1CCCC2(C1)C(=O)N(C)c1ccc(-c3ccc(C[C@@H](C#N)CC(=O)[C@@H]4[C@H]5CC[C@H](C5)N4C(=O)OC(C)(C)C)c(F)c3)cc12. The maximum absolute atomic E-state index is 15.6. The highest BCUT2D eigenvalue weighted by molar-refractivity contribution is 6.08. The number of anilines is 1. The van der Waals surface area contributed by atoms with E-state index in [1.807, 2.05) is 38.4 Å². The molecule has 45 heavy (non-hydrogen) atoms. The molecule has 5 atom stereocenters. The Morgan fingerprint density at radius 1 is 1.13 bits per heavy atom. The molecule has 1 aliphatic carbocycles. The molecule has 0 radical (unpaired) electrons. The third-order valence-corrected chi connectivity index (χ3v) is 10.3. The highest BCUT2D eigenvalue weighted by Crippen LogP contribution is 2.48. The van der Waals surface area contributed by atoms with Crippen molar-refractivity contribution in [3.05, 3.63) is 53.3 Å². The molecule has 2 aromatic rings. The van der Waals surface area contributed by atoms with Crippen LogP contribution in [0.5, 0.6) is 0 Å². The zero-order chi connectivity index (χ0) is 32.3. The van der Waals surface area contributed by atoms with Gasteiger partial charge in [-0.15, -0.1) is 0 Å². The number of ether oxygens (including phenoxy) is 1. The number of ketones is 1. The number of benzene rings is 2. The summed E-state index contributed by atoms with van der Waals surface area (Å²) < 4.78 is 21.2. The van der Waals surface area contributed by atoms with Gasteiger partial charge in [0.15, 0.2) is 5.78 Å². The van der Waals surface area contributed by atoms with Crippen LogP contribution in [0.1, 0.15) is 70.4 Å². The van der Waals surface area contributed by atoms with Gasteiger partial charge in [-0.05, 0) is 119 Å². The van der Waals surface area contributed by atoms with Gasteiger partial charge in [-0.3, -0.25) is 14.5 Å². The molecule has 2 aromatic carbocycles. The lowest BCUT2D eigenvalue weighted by atomic mass is 9.74. The number of carbonyl (C=O) groups excluding carboxylic acids is 3. The minimum absolute atomic E-state index is 0.0176. The summed E-state index contributed by atoms with van der Waals surface area (Å²) in [5.41, 5.74) is 2.53. The van der Waals surface area contributed by atoms with Gasteiger partial charge < -0.3 is 14.5 Å². The molecule has 3 heterocycles. The van der Waals surface area contributed by atoms with Crippen LogP contribution in [0.3, 0.4) is 0 Å². The van der Waals surface area contributed by atoms with Crippen molar-refractivity contribution in [3.63, 3.8) is 0 Å². The fourth-order valence-electron chi connectivity index (χ4n) is 8.27. The lowest BCUT2D eigenvalue weighted by molar-refractivity contribution is -0.126. The number of likely N-dealkylation sites (tertiary alicyclic amines) is 2. The lowest BCUT2D eigenvalue weighted by Gasteiger charge is -2.37. The summed E-state index contributed by atoms with van der Waals surface area (Å²) in [6.45, 7) is 7.03. The predicted octanol–water partition coefficient (Wildman–Crippen LogP) is 5.86. The van der Waals surface area contributed by atoms with Crippen LogP contribution >= 0.6 is 0 Å². The minimum Gasteiger partial charge on any atom is -0.444 e. The number of likely N-dealkylation sites (N-methyl/N-ethyl adjacent to an activating group) is 2. The fraction of sp³-hybridized carbons (Fsp3) is 0.556. The molecule has 6 rings (SSSR count). The number of hydrogen-bond acceptors (Lipinski definition) is 6. The lowest BCUT2D eigenvalue weighted by Crippen LogP contribution is -2.51. The first kappa shape index (κ1) is 31.2. The largest absolute Gasteiger partial charge is 0.444 e. The standard InChI is InChI=1S/C36H43FN4O4/c1-35(2,3)45-34(44)41-27-11-9-26(17-27)32(41)31(42)16-22(20-38)15-25-8-7-24(19-29(25)37)23-10-12-30-28(18-23)36(33(43)40(30)5)13-6-14-39(4)21-36/h7-8,10,12,18-19,22,26-27,32H,6,9,11,13-17,21H2,1-5H3/t22-,26+,27-,32+,36?/m1/s1. The quantitative estimate of drug-likeness (QED) is 0.405. The summed E-state index contributed by atoms with van der Waals surface area (Å²) in [6, 6.07) is 12.5. The Balaban J connectivity index is 1.18. The predicted molar refractivity (Wildman–Crippen MR) is 169 cm³/mol. The van der Waals surface area contributed by atoms with Crippen molar-refractivity contribution in [2.75, 3.05) is 32.1 Å². The number of nitrogens with zero attached hydrogens (tertiary/aromatic N) is 4. The molecule has 1 saturated carbocycles. The van der Waals surface area contributed by atoms with E-state index < -0.39 is 34.9 Å². The Hall–Kier alpha value is -3.77. The third kappa shape index (κ3) is 5.63. The Kier molecular flexibility index (Phi) is 8.01. The molecule has 1 spiro atoms. The Morgan fingerprint density at radius 2 is 1.87 bits per heavy atom. The first-order valence-electron chi connectivity index (χ1n) is 16.1. The Bertz CT molecular complexity index is 1580. The number of piperidine rings is 2. The smallest absolute Gasteiger partial charge is 0.411 e. The van der Waals surface area contributed by atoms with E-state index in [2.05, 4.69) is 11.0 Å². The van der Waals surface area contributed by atoms with Crippen molar-refractivity contribution < 1.29 is 23.5 Å². The van der Waals surface area contributed by atoms with E-state index in [1.165, 1.54) is 6.07 Å². The molecule has 238 valence electrons. The van der Waals surface area contributed by atoms with Crippen LogP contribution < -0.4 is 4.90 Å². The second-order valence-corrected chi connectivity index (χ2v) is 14.6. The number of nitriles is 1. The van der Waals surface area contributed by atoms with Crippen molar-refractivity contribution in [3.8, 4) is 17.2 Å². The van der Waals surface area contributed by atoms with E-state index in [1.54, 1.807) is 36.6 Å². The summed E-state index contributed by atoms with van der Waals surface area (Å²) in [7, 11) is 3.86. The van der Waals surface area contributed by atoms with Crippen molar-refractivity contribution in [2.45, 2.75) is 88.8 Å². The molecule has 0 N–H and O–H groups in total. The third-order valence-electron chi connectivity index (χ3n) is 10.3. The molecule has 0 aromatic heterocycles. The van der Waals surface area contributed by atoms with E-state index in [-0.39, 0.29) is 36.5 Å². The maximum atomic E-state index is 15.6. The molecule has 3 aliphatic heterocycles. The van der Waals surface area contributed by atoms with Gasteiger partial charge in [-0.25, -0.2) is 9.18 Å². The first-order chi connectivity index (χ1) is 21.3. The van der Waals surface area contributed by atoms with Crippen molar-refractivity contribution in [1.29, 1.82) is 5.26 Å². The van der Waals surface area contributed by atoms with Gasteiger partial charge in [-0.2, -0.15) is 5.26 Å². The molecule has 4 aliphatic rings. The number of amides is 2. The van der Waals surface area contributed by atoms with Crippen LogP contribution in [-0.4, -0.2) is 72.5 Å². The molecule has 1 unspecified atom stereocenters. The van der Waals surface area contributed by atoms with Gasteiger partial charge in [0.2, 0.25) is 5.91 Å². The summed E-state index contributed by atoms with van der Waals surface area (Å²) in [5, 5.41) is 9.97. The van der Waals surface area contributed by atoms with E-state index in [4.69, 9.17) is 4.74 Å². The molecule has 2 saturated heterocycles. The number of fused-ring (bicyclic) bond motifs is 4. The summed E-state index contributed by atoms with van der Waals surface area (Å²) >= 11 is 0. The molecule has 8 nitrogen and oxygen atoms in total. The normalized spacial score (nSPS) is 26.7. The van der Waals surface area contributed by atoms with E-state index in [9.17, 15) is 19.6 Å². The second-order valence-electron chi connectivity index (χ2n) is 14.6. The summed E-state index contributed by atoms with van der Waals surface area (Å²) in [4.78, 5) is 45.6. The fourth-order valence-corrected chi connectivity index (χ4v) is 8.27. The van der Waals surface area contributed by atoms with Crippen LogP contribution in [0.15, 0.2) is 36.4 Å². The maximum Gasteiger partial charge on any atom is 0.411 e. The monoisotopic (exact) mass is 614 g/mol. The molecular weight excluding hydrogens is 571 g/mol. The van der Waals surface area contributed by atoms with E-state index in [0.29, 0.717) is 17.7 Å². The van der Waals surface area contributed by atoms with Gasteiger partial charge in [0.25, 0.3) is 0 Å².